The Kier molecular flexibility index (Phi) is 6.10. The van der Waals surface area contributed by atoms with Crippen molar-refractivity contribution < 1.29 is 9.53 Å². The molecule has 2 N–H and O–H groups in total. The topological polar surface area (TPSA) is 50.4 Å². The number of amides is 1. The Morgan fingerprint density at radius 2 is 2.05 bits per heavy atom. The molecule has 0 aliphatic heterocycles. The Labute approximate surface area is 121 Å². The summed E-state index contributed by atoms with van der Waals surface area (Å²) in [7, 11) is 0. The number of allylic oxidation sites excluding steroid dienone is 1. The Morgan fingerprint density at radius 3 is 2.65 bits per heavy atom. The summed E-state index contributed by atoms with van der Waals surface area (Å²) in [5.74, 6) is 0.895. The number of hydrogen-bond donors (Lipinski definition) is 2. The normalized spacial score (nSPS) is 10.2. The van der Waals surface area contributed by atoms with Gasteiger partial charge >= 0.3 is 0 Å². The highest BCUT2D eigenvalue weighted by Gasteiger charge is 2.10. The van der Waals surface area contributed by atoms with Gasteiger partial charge in [-0.05, 0) is 36.5 Å². The highest BCUT2D eigenvalue weighted by Crippen LogP contribution is 2.27. The number of carbonyl (C=O) groups excluding carboxylic acids is 1. The highest BCUT2D eigenvalue weighted by molar-refractivity contribution is 5.77. The molecule has 0 aliphatic carbocycles. The summed E-state index contributed by atoms with van der Waals surface area (Å²) < 4.78 is 5.63. The first-order chi connectivity index (χ1) is 9.43. The fourth-order valence-electron chi connectivity index (χ4n) is 1.67. The molecule has 1 rings (SSSR count). The highest BCUT2D eigenvalue weighted by atomic mass is 16.5. The molecule has 4 heteroatoms. The van der Waals surface area contributed by atoms with E-state index in [0.717, 1.165) is 29.0 Å². The van der Waals surface area contributed by atoms with E-state index in [4.69, 9.17) is 4.74 Å². The molecule has 0 fully saturated rings. The Balaban J connectivity index is 2.58. The quantitative estimate of drug-likeness (QED) is 0.753. The van der Waals surface area contributed by atoms with Crippen LogP contribution in [0.4, 0.5) is 0 Å². The molecule has 0 heterocycles. The van der Waals surface area contributed by atoms with Crippen LogP contribution in [0.25, 0.3) is 0 Å². The van der Waals surface area contributed by atoms with Crippen LogP contribution in [0.1, 0.15) is 44.2 Å². The maximum atomic E-state index is 11.7. The SMILES string of the molecule is C=C(CC)NNC(=O)COc1cc(C)ccc1C(C)C. The number of ether oxygens (including phenoxy) is 1. The van der Waals surface area contributed by atoms with Gasteiger partial charge in [-0.1, -0.05) is 39.5 Å². The van der Waals surface area contributed by atoms with E-state index in [2.05, 4.69) is 37.3 Å². The molecule has 1 amide bonds. The zero-order chi connectivity index (χ0) is 15.1. The van der Waals surface area contributed by atoms with Gasteiger partial charge < -0.3 is 10.2 Å². The van der Waals surface area contributed by atoms with Gasteiger partial charge in [-0.15, -0.1) is 0 Å². The molecular formula is C16H24N2O2. The van der Waals surface area contributed by atoms with Crippen molar-refractivity contribution in [2.75, 3.05) is 6.61 Å². The van der Waals surface area contributed by atoms with Crippen LogP contribution in [0.3, 0.4) is 0 Å². The van der Waals surface area contributed by atoms with Crippen LogP contribution in [-0.2, 0) is 4.79 Å². The molecular weight excluding hydrogens is 252 g/mol. The average Bonchev–Trinajstić information content (AvgIpc) is 2.42. The zero-order valence-corrected chi connectivity index (χ0v) is 12.7. The van der Waals surface area contributed by atoms with Gasteiger partial charge in [-0.2, -0.15) is 0 Å². The molecule has 1 aromatic rings. The first-order valence-corrected chi connectivity index (χ1v) is 6.90. The van der Waals surface area contributed by atoms with E-state index in [0.29, 0.717) is 5.92 Å². The monoisotopic (exact) mass is 276 g/mol. The van der Waals surface area contributed by atoms with Gasteiger partial charge in [0.15, 0.2) is 6.61 Å². The number of benzene rings is 1. The second-order valence-electron chi connectivity index (χ2n) is 5.11. The van der Waals surface area contributed by atoms with E-state index in [1.807, 2.05) is 26.0 Å². The number of carbonyl (C=O) groups is 1. The molecule has 110 valence electrons. The van der Waals surface area contributed by atoms with E-state index in [9.17, 15) is 4.79 Å². The van der Waals surface area contributed by atoms with Gasteiger partial charge in [0, 0.05) is 5.70 Å². The standard InChI is InChI=1S/C16H24N2O2/c1-6-13(5)17-18-16(19)10-20-15-9-12(4)7-8-14(15)11(2)3/h7-9,11,17H,5-6,10H2,1-4H3,(H,18,19). The Hall–Kier alpha value is -1.97. The van der Waals surface area contributed by atoms with E-state index >= 15 is 0 Å². The summed E-state index contributed by atoms with van der Waals surface area (Å²) in [5.41, 5.74) is 8.28. The third-order valence-electron chi connectivity index (χ3n) is 2.96. The molecule has 0 spiro atoms. The fraction of sp³-hybridized carbons (Fsp3) is 0.438. The zero-order valence-electron chi connectivity index (χ0n) is 12.7. The third kappa shape index (κ3) is 4.96. The van der Waals surface area contributed by atoms with Crippen molar-refractivity contribution in [3.63, 3.8) is 0 Å². The summed E-state index contributed by atoms with van der Waals surface area (Å²) in [4.78, 5) is 11.7. The van der Waals surface area contributed by atoms with Crippen LogP contribution >= 0.6 is 0 Å². The predicted molar refractivity (Wildman–Crippen MR) is 81.5 cm³/mol. The molecule has 0 aromatic heterocycles. The van der Waals surface area contributed by atoms with Crippen molar-refractivity contribution in [1.82, 2.24) is 10.9 Å². The maximum absolute atomic E-state index is 11.7. The van der Waals surface area contributed by atoms with E-state index < -0.39 is 0 Å². The predicted octanol–water partition coefficient (Wildman–Crippen LogP) is 3.04. The van der Waals surface area contributed by atoms with Crippen molar-refractivity contribution in [1.29, 1.82) is 0 Å². The second kappa shape index (κ2) is 7.58. The van der Waals surface area contributed by atoms with Crippen LogP contribution in [-0.4, -0.2) is 12.5 Å². The summed E-state index contributed by atoms with van der Waals surface area (Å²) >= 11 is 0. The molecule has 0 unspecified atom stereocenters. The number of nitrogens with one attached hydrogen (secondary N) is 2. The minimum Gasteiger partial charge on any atom is -0.483 e. The molecule has 0 aliphatic rings. The molecule has 0 saturated carbocycles. The lowest BCUT2D eigenvalue weighted by atomic mass is 10.0. The van der Waals surface area contributed by atoms with Gasteiger partial charge in [-0.3, -0.25) is 10.2 Å². The van der Waals surface area contributed by atoms with Crippen LogP contribution in [0.15, 0.2) is 30.5 Å². The lowest BCUT2D eigenvalue weighted by Gasteiger charge is -2.15. The van der Waals surface area contributed by atoms with Gasteiger partial charge in [0.2, 0.25) is 0 Å². The maximum Gasteiger partial charge on any atom is 0.276 e. The summed E-state index contributed by atoms with van der Waals surface area (Å²) in [6.07, 6.45) is 0.760. The van der Waals surface area contributed by atoms with Gasteiger partial charge in [0.1, 0.15) is 5.75 Å². The van der Waals surface area contributed by atoms with Gasteiger partial charge in [0.05, 0.1) is 0 Å². The number of aryl methyl sites for hydroxylation is 1. The van der Waals surface area contributed by atoms with Crippen LogP contribution in [0.5, 0.6) is 5.75 Å². The fourth-order valence-corrected chi connectivity index (χ4v) is 1.67. The lowest BCUT2D eigenvalue weighted by Crippen LogP contribution is -2.39. The molecule has 0 saturated heterocycles. The summed E-state index contributed by atoms with van der Waals surface area (Å²) in [5, 5.41) is 0. The summed E-state index contributed by atoms with van der Waals surface area (Å²) in [6.45, 7) is 11.9. The van der Waals surface area contributed by atoms with Crippen molar-refractivity contribution in [2.45, 2.75) is 40.0 Å². The first-order valence-electron chi connectivity index (χ1n) is 6.90. The third-order valence-corrected chi connectivity index (χ3v) is 2.96. The van der Waals surface area contributed by atoms with Crippen molar-refractivity contribution in [3.8, 4) is 5.75 Å². The van der Waals surface area contributed by atoms with E-state index in [1.54, 1.807) is 0 Å². The smallest absolute Gasteiger partial charge is 0.276 e. The molecule has 20 heavy (non-hydrogen) atoms. The molecule has 4 nitrogen and oxygen atoms in total. The molecule has 0 bridgehead atoms. The van der Waals surface area contributed by atoms with Gasteiger partial charge in [0.25, 0.3) is 5.91 Å². The molecule has 0 radical (unpaired) electrons. The molecule has 0 atom stereocenters. The van der Waals surface area contributed by atoms with Crippen molar-refractivity contribution >= 4 is 5.91 Å². The number of hydrazine groups is 1. The van der Waals surface area contributed by atoms with E-state index in [1.165, 1.54) is 0 Å². The Bertz CT molecular complexity index is 481. The van der Waals surface area contributed by atoms with E-state index in [-0.39, 0.29) is 12.5 Å². The van der Waals surface area contributed by atoms with Crippen LogP contribution in [0, 0.1) is 6.92 Å². The lowest BCUT2D eigenvalue weighted by molar-refractivity contribution is -0.123. The molecule has 1 aromatic carbocycles. The minimum absolute atomic E-state index is 0.0207. The first kappa shape index (κ1) is 16.1. The largest absolute Gasteiger partial charge is 0.483 e. The van der Waals surface area contributed by atoms with Crippen LogP contribution < -0.4 is 15.6 Å². The Morgan fingerprint density at radius 1 is 1.35 bits per heavy atom. The van der Waals surface area contributed by atoms with Crippen molar-refractivity contribution in [3.05, 3.63) is 41.6 Å². The summed E-state index contributed by atoms with van der Waals surface area (Å²) in [6, 6.07) is 6.06. The number of hydrogen-bond acceptors (Lipinski definition) is 3. The second-order valence-corrected chi connectivity index (χ2v) is 5.11. The average molecular weight is 276 g/mol. The van der Waals surface area contributed by atoms with Crippen molar-refractivity contribution in [2.24, 2.45) is 0 Å². The minimum atomic E-state index is -0.226. The van der Waals surface area contributed by atoms with Crippen LogP contribution in [0.2, 0.25) is 0 Å². The number of rotatable bonds is 7. The van der Waals surface area contributed by atoms with Gasteiger partial charge in [-0.25, -0.2) is 0 Å².